The van der Waals surface area contributed by atoms with Crippen LogP contribution in [0.1, 0.15) is 38.3 Å². The Morgan fingerprint density at radius 3 is 1.98 bits per heavy atom. The molecule has 1 N–H and O–H groups in total. The van der Waals surface area contributed by atoms with E-state index in [4.69, 9.17) is 4.74 Å². The van der Waals surface area contributed by atoms with Crippen LogP contribution in [0.25, 0.3) is 0 Å². The number of hydrogen-bond acceptors (Lipinski definition) is 5. The molecule has 0 aliphatic carbocycles. The number of nitrogens with one attached hydrogen (secondary N) is 1. The molecular weight excluding hydrogens is 526 g/mol. The van der Waals surface area contributed by atoms with Gasteiger partial charge in [0.2, 0.25) is 21.8 Å². The van der Waals surface area contributed by atoms with E-state index in [2.05, 4.69) is 5.32 Å². The standard InChI is InChI=1S/C31H39N3O5S/c1-5-29(31(36)32-24(2)3)33(21-20-25-12-8-6-9-13-25)30(35)22-34(40(4,37)38)27-16-18-28(19-17-27)39-23-26-14-10-7-11-15-26/h6-19,24,29H,5,20-23H2,1-4H3,(H,32,36). The van der Waals surface area contributed by atoms with Gasteiger partial charge in [0.1, 0.15) is 24.9 Å². The lowest BCUT2D eigenvalue weighted by Crippen LogP contribution is -2.54. The normalized spacial score (nSPS) is 12.0. The lowest BCUT2D eigenvalue weighted by atomic mass is 10.1. The van der Waals surface area contributed by atoms with Crippen molar-refractivity contribution >= 4 is 27.5 Å². The highest BCUT2D eigenvalue weighted by Gasteiger charge is 2.31. The zero-order valence-corrected chi connectivity index (χ0v) is 24.4. The van der Waals surface area contributed by atoms with E-state index in [-0.39, 0.29) is 18.5 Å². The van der Waals surface area contributed by atoms with Crippen molar-refractivity contribution in [1.29, 1.82) is 0 Å². The Labute approximate surface area is 238 Å². The molecular formula is C31H39N3O5S. The molecule has 0 aliphatic heterocycles. The van der Waals surface area contributed by atoms with Gasteiger partial charge < -0.3 is 15.0 Å². The summed E-state index contributed by atoms with van der Waals surface area (Å²) < 4.78 is 32.5. The molecule has 0 spiro atoms. The smallest absolute Gasteiger partial charge is 0.244 e. The second-order valence-corrected chi connectivity index (χ2v) is 11.9. The zero-order chi connectivity index (χ0) is 29.1. The van der Waals surface area contributed by atoms with Gasteiger partial charge in [-0.2, -0.15) is 0 Å². The molecule has 0 aromatic heterocycles. The Bertz CT molecular complexity index is 1330. The topological polar surface area (TPSA) is 96.0 Å². The molecule has 2 amide bonds. The van der Waals surface area contributed by atoms with E-state index in [1.54, 1.807) is 24.3 Å². The van der Waals surface area contributed by atoms with Crippen LogP contribution in [0.15, 0.2) is 84.9 Å². The molecule has 0 heterocycles. The van der Waals surface area contributed by atoms with E-state index in [1.807, 2.05) is 81.4 Å². The molecule has 40 heavy (non-hydrogen) atoms. The number of benzene rings is 3. The fourth-order valence-electron chi connectivity index (χ4n) is 4.34. The van der Waals surface area contributed by atoms with Gasteiger partial charge in [0.15, 0.2) is 0 Å². The number of sulfonamides is 1. The third-order valence-corrected chi connectivity index (χ3v) is 7.49. The van der Waals surface area contributed by atoms with Gasteiger partial charge in [-0.15, -0.1) is 0 Å². The third-order valence-electron chi connectivity index (χ3n) is 6.35. The fourth-order valence-corrected chi connectivity index (χ4v) is 5.19. The van der Waals surface area contributed by atoms with E-state index in [1.165, 1.54) is 4.90 Å². The molecule has 3 aromatic carbocycles. The Kier molecular flexibility index (Phi) is 11.1. The van der Waals surface area contributed by atoms with Crippen LogP contribution in [-0.4, -0.2) is 56.6 Å². The van der Waals surface area contributed by atoms with Crippen LogP contribution >= 0.6 is 0 Å². The van der Waals surface area contributed by atoms with Crippen molar-refractivity contribution in [3.05, 3.63) is 96.1 Å². The van der Waals surface area contributed by atoms with Gasteiger partial charge in [0, 0.05) is 12.6 Å². The summed E-state index contributed by atoms with van der Waals surface area (Å²) in [5, 5.41) is 2.89. The van der Waals surface area contributed by atoms with Crippen LogP contribution in [0.4, 0.5) is 5.69 Å². The molecule has 1 atom stereocenters. The minimum atomic E-state index is -3.81. The fraction of sp³-hybridized carbons (Fsp3) is 0.355. The summed E-state index contributed by atoms with van der Waals surface area (Å²) in [5.74, 6) is -0.130. The number of ether oxygens (including phenoxy) is 1. The third kappa shape index (κ3) is 9.12. The van der Waals surface area contributed by atoms with E-state index in [0.29, 0.717) is 30.9 Å². The number of hydrogen-bond donors (Lipinski definition) is 1. The summed E-state index contributed by atoms with van der Waals surface area (Å²) in [6.07, 6.45) is 1.99. The van der Waals surface area contributed by atoms with E-state index < -0.39 is 28.5 Å². The first-order chi connectivity index (χ1) is 19.1. The molecule has 0 saturated carbocycles. The minimum Gasteiger partial charge on any atom is -0.489 e. The summed E-state index contributed by atoms with van der Waals surface area (Å²) in [5.41, 5.74) is 2.37. The minimum absolute atomic E-state index is 0.0947. The van der Waals surface area contributed by atoms with E-state index in [9.17, 15) is 18.0 Å². The average Bonchev–Trinajstić information content (AvgIpc) is 2.93. The number of carbonyl (C=O) groups excluding carboxylic acids is 2. The summed E-state index contributed by atoms with van der Waals surface area (Å²) in [6, 6.07) is 25.2. The Balaban J connectivity index is 1.81. The highest BCUT2D eigenvalue weighted by Crippen LogP contribution is 2.23. The molecule has 0 radical (unpaired) electrons. The van der Waals surface area contributed by atoms with Crippen molar-refractivity contribution in [2.45, 2.75) is 52.3 Å². The van der Waals surface area contributed by atoms with E-state index in [0.717, 1.165) is 21.7 Å². The molecule has 8 nitrogen and oxygen atoms in total. The van der Waals surface area contributed by atoms with Gasteiger partial charge >= 0.3 is 0 Å². The average molecular weight is 566 g/mol. The van der Waals surface area contributed by atoms with Crippen LogP contribution < -0.4 is 14.4 Å². The van der Waals surface area contributed by atoms with E-state index >= 15 is 0 Å². The number of nitrogens with zero attached hydrogens (tertiary/aromatic N) is 2. The van der Waals surface area contributed by atoms with Crippen LogP contribution in [0.5, 0.6) is 5.75 Å². The van der Waals surface area contributed by atoms with Gasteiger partial charge in [-0.25, -0.2) is 8.42 Å². The van der Waals surface area contributed by atoms with Crippen molar-refractivity contribution in [2.75, 3.05) is 23.7 Å². The maximum Gasteiger partial charge on any atom is 0.244 e. The van der Waals surface area contributed by atoms with Gasteiger partial charge in [-0.05, 0) is 62.1 Å². The predicted molar refractivity (Wildman–Crippen MR) is 159 cm³/mol. The monoisotopic (exact) mass is 565 g/mol. The summed E-state index contributed by atoms with van der Waals surface area (Å²) in [4.78, 5) is 28.3. The number of carbonyl (C=O) groups is 2. The Morgan fingerprint density at radius 1 is 0.875 bits per heavy atom. The first-order valence-electron chi connectivity index (χ1n) is 13.5. The van der Waals surface area contributed by atoms with Crippen molar-refractivity contribution in [3.8, 4) is 5.75 Å². The lowest BCUT2D eigenvalue weighted by Gasteiger charge is -2.33. The Morgan fingerprint density at radius 2 is 1.45 bits per heavy atom. The molecule has 214 valence electrons. The summed E-state index contributed by atoms with van der Waals surface area (Å²) in [6.45, 7) is 5.79. The highest BCUT2D eigenvalue weighted by atomic mass is 32.2. The lowest BCUT2D eigenvalue weighted by molar-refractivity contribution is -0.139. The largest absolute Gasteiger partial charge is 0.489 e. The van der Waals surface area contributed by atoms with Gasteiger partial charge in [0.05, 0.1) is 11.9 Å². The number of amides is 2. The summed E-state index contributed by atoms with van der Waals surface area (Å²) >= 11 is 0. The second-order valence-electron chi connectivity index (χ2n) is 9.95. The van der Waals surface area contributed by atoms with Crippen LogP contribution in [0.3, 0.4) is 0 Å². The first kappa shape index (κ1) is 30.7. The van der Waals surface area contributed by atoms with Crippen LogP contribution in [0.2, 0.25) is 0 Å². The maximum absolute atomic E-state index is 13.7. The summed E-state index contributed by atoms with van der Waals surface area (Å²) in [7, 11) is -3.81. The van der Waals surface area contributed by atoms with Crippen LogP contribution in [0, 0.1) is 0 Å². The number of anilines is 1. The maximum atomic E-state index is 13.7. The molecule has 9 heteroatoms. The van der Waals surface area contributed by atoms with Crippen molar-refractivity contribution in [1.82, 2.24) is 10.2 Å². The Hall–Kier alpha value is -3.85. The van der Waals surface area contributed by atoms with Crippen molar-refractivity contribution in [2.24, 2.45) is 0 Å². The van der Waals surface area contributed by atoms with Crippen molar-refractivity contribution < 1.29 is 22.7 Å². The molecule has 0 aliphatic rings. The van der Waals surface area contributed by atoms with Gasteiger partial charge in [-0.1, -0.05) is 67.6 Å². The highest BCUT2D eigenvalue weighted by molar-refractivity contribution is 7.92. The quantitative estimate of drug-likeness (QED) is 0.313. The van der Waals surface area contributed by atoms with Gasteiger partial charge in [-0.3, -0.25) is 13.9 Å². The second kappa shape index (κ2) is 14.5. The molecule has 1 unspecified atom stereocenters. The van der Waals surface area contributed by atoms with Crippen molar-refractivity contribution in [3.63, 3.8) is 0 Å². The zero-order valence-electron chi connectivity index (χ0n) is 23.6. The molecule has 0 bridgehead atoms. The number of rotatable bonds is 14. The SMILES string of the molecule is CCC(C(=O)NC(C)C)N(CCc1ccccc1)C(=O)CN(c1ccc(OCc2ccccc2)cc1)S(C)(=O)=O. The molecule has 3 rings (SSSR count). The molecule has 3 aromatic rings. The van der Waals surface area contributed by atoms with Gasteiger partial charge in [0.25, 0.3) is 0 Å². The molecule has 0 saturated heterocycles. The molecule has 0 fully saturated rings. The predicted octanol–water partition coefficient (Wildman–Crippen LogP) is 4.41. The van der Waals surface area contributed by atoms with Crippen LogP contribution in [-0.2, 0) is 32.6 Å². The first-order valence-corrected chi connectivity index (χ1v) is 15.3.